The second-order valence-corrected chi connectivity index (χ2v) is 4.71. The topological polar surface area (TPSA) is 20.2 Å². The van der Waals surface area contributed by atoms with Gasteiger partial charge in [0.1, 0.15) is 5.75 Å². The van der Waals surface area contributed by atoms with Crippen molar-refractivity contribution in [3.05, 3.63) is 28.8 Å². The third-order valence-corrected chi connectivity index (χ3v) is 3.47. The molecule has 94 valence electrons. The molecule has 0 radical (unpaired) electrons. The molecular formula is C13H15F3O. The van der Waals surface area contributed by atoms with Crippen molar-refractivity contribution in [3.63, 3.8) is 0 Å². The average Bonchev–Trinajstić information content (AvgIpc) is 2.73. The second kappa shape index (κ2) is 4.24. The van der Waals surface area contributed by atoms with Crippen molar-refractivity contribution >= 4 is 0 Å². The fourth-order valence-electron chi connectivity index (χ4n) is 2.53. The van der Waals surface area contributed by atoms with Gasteiger partial charge < -0.3 is 5.11 Å². The van der Waals surface area contributed by atoms with Gasteiger partial charge in [0, 0.05) is 0 Å². The molecule has 1 N–H and O–H groups in total. The summed E-state index contributed by atoms with van der Waals surface area (Å²) in [5, 5.41) is 9.58. The number of phenolic OH excluding ortho intramolecular Hbond substituents is 1. The smallest absolute Gasteiger partial charge is 0.416 e. The monoisotopic (exact) mass is 244 g/mol. The molecule has 4 heteroatoms. The zero-order valence-corrected chi connectivity index (χ0v) is 9.64. The molecule has 1 fully saturated rings. The van der Waals surface area contributed by atoms with Crippen molar-refractivity contribution < 1.29 is 18.3 Å². The third kappa shape index (κ3) is 2.40. The normalized spacial score (nSPS) is 17.6. The first-order chi connectivity index (χ1) is 7.89. The molecule has 1 aromatic carbocycles. The Hall–Kier alpha value is -1.19. The lowest BCUT2D eigenvalue weighted by molar-refractivity contribution is -0.138. The highest BCUT2D eigenvalue weighted by Crippen LogP contribution is 2.43. The van der Waals surface area contributed by atoms with Crippen molar-refractivity contribution in [1.82, 2.24) is 0 Å². The first kappa shape index (κ1) is 12.3. The molecule has 0 unspecified atom stereocenters. The molecule has 1 aliphatic carbocycles. The predicted molar refractivity (Wildman–Crippen MR) is 59.1 cm³/mol. The molecule has 2 rings (SSSR count). The lowest BCUT2D eigenvalue weighted by Crippen LogP contribution is -2.11. The van der Waals surface area contributed by atoms with E-state index >= 15 is 0 Å². The van der Waals surface area contributed by atoms with Crippen LogP contribution in [-0.4, -0.2) is 5.11 Å². The molecule has 1 aliphatic rings. The maximum atomic E-state index is 12.9. The molecule has 0 bridgehead atoms. The number of aryl methyl sites for hydroxylation is 1. The van der Waals surface area contributed by atoms with Crippen molar-refractivity contribution in [2.75, 3.05) is 0 Å². The summed E-state index contributed by atoms with van der Waals surface area (Å²) < 4.78 is 38.8. The summed E-state index contributed by atoms with van der Waals surface area (Å²) >= 11 is 0. The van der Waals surface area contributed by atoms with E-state index < -0.39 is 11.7 Å². The molecule has 0 heterocycles. The maximum Gasteiger partial charge on any atom is 0.416 e. The van der Waals surface area contributed by atoms with Crippen LogP contribution in [0.1, 0.15) is 48.3 Å². The van der Waals surface area contributed by atoms with Gasteiger partial charge in [-0.15, -0.1) is 0 Å². The van der Waals surface area contributed by atoms with Gasteiger partial charge >= 0.3 is 6.18 Å². The number of aromatic hydroxyl groups is 1. The lowest BCUT2D eigenvalue weighted by atomic mass is 9.91. The van der Waals surface area contributed by atoms with Gasteiger partial charge in [-0.3, -0.25) is 0 Å². The van der Waals surface area contributed by atoms with E-state index in [2.05, 4.69) is 0 Å². The van der Waals surface area contributed by atoms with Crippen LogP contribution in [-0.2, 0) is 6.18 Å². The minimum absolute atomic E-state index is 0.0418. The van der Waals surface area contributed by atoms with Crippen LogP contribution in [0.5, 0.6) is 5.75 Å². The molecule has 1 nitrogen and oxygen atoms in total. The number of rotatable bonds is 1. The fourth-order valence-corrected chi connectivity index (χ4v) is 2.53. The Balaban J connectivity index is 2.51. The summed E-state index contributed by atoms with van der Waals surface area (Å²) in [5.41, 5.74) is -0.0446. The van der Waals surface area contributed by atoms with Crippen molar-refractivity contribution in [2.45, 2.75) is 44.7 Å². The van der Waals surface area contributed by atoms with Gasteiger partial charge in [0.2, 0.25) is 0 Å². The highest BCUT2D eigenvalue weighted by atomic mass is 19.4. The van der Waals surface area contributed by atoms with Crippen molar-refractivity contribution in [3.8, 4) is 5.75 Å². The van der Waals surface area contributed by atoms with Crippen LogP contribution < -0.4 is 0 Å². The number of benzene rings is 1. The number of halogens is 3. The zero-order valence-electron chi connectivity index (χ0n) is 9.64. The van der Waals surface area contributed by atoms with E-state index in [1.165, 1.54) is 13.0 Å². The largest absolute Gasteiger partial charge is 0.508 e. The van der Waals surface area contributed by atoms with Gasteiger partial charge in [-0.25, -0.2) is 0 Å². The quantitative estimate of drug-likeness (QED) is 0.777. The van der Waals surface area contributed by atoms with Crippen LogP contribution in [0.4, 0.5) is 13.2 Å². The molecule has 0 aromatic heterocycles. The second-order valence-electron chi connectivity index (χ2n) is 4.71. The van der Waals surface area contributed by atoms with Crippen LogP contribution >= 0.6 is 0 Å². The predicted octanol–water partition coefficient (Wildman–Crippen LogP) is 4.38. The molecule has 17 heavy (non-hydrogen) atoms. The molecule has 0 amide bonds. The summed E-state index contributed by atoms with van der Waals surface area (Å²) in [6.45, 7) is 1.49. The summed E-state index contributed by atoms with van der Waals surface area (Å²) in [5.74, 6) is -0.0991. The van der Waals surface area contributed by atoms with Crippen molar-refractivity contribution in [1.29, 1.82) is 0 Å². The van der Waals surface area contributed by atoms with Crippen molar-refractivity contribution in [2.24, 2.45) is 0 Å². The minimum atomic E-state index is -4.34. The van der Waals surface area contributed by atoms with Gasteiger partial charge in [-0.05, 0) is 48.9 Å². The standard InChI is InChI=1S/C13H15F3O/c1-8-6-11(13(14,15)16)10(7-12(8)17)9-4-2-3-5-9/h6-7,9,17H,2-5H2,1H3. The average molecular weight is 244 g/mol. The van der Waals surface area contributed by atoms with Gasteiger partial charge in [0.25, 0.3) is 0 Å². The summed E-state index contributed by atoms with van der Waals surface area (Å²) in [6.07, 6.45) is -0.833. The lowest BCUT2D eigenvalue weighted by Gasteiger charge is -2.19. The first-order valence-electron chi connectivity index (χ1n) is 5.80. The number of hydrogen-bond acceptors (Lipinski definition) is 1. The van der Waals surface area contributed by atoms with E-state index in [4.69, 9.17) is 0 Å². The minimum Gasteiger partial charge on any atom is -0.508 e. The van der Waals surface area contributed by atoms with E-state index in [-0.39, 0.29) is 22.8 Å². The number of hydrogen-bond donors (Lipinski definition) is 1. The maximum absolute atomic E-state index is 12.9. The summed E-state index contributed by atoms with van der Waals surface area (Å²) in [6, 6.07) is 2.36. The SMILES string of the molecule is Cc1cc(C(F)(F)F)c(C2CCCC2)cc1O. The highest BCUT2D eigenvalue weighted by Gasteiger charge is 2.36. The number of phenols is 1. The Morgan fingerprint density at radius 2 is 1.76 bits per heavy atom. The van der Waals surface area contributed by atoms with Gasteiger partial charge in [-0.1, -0.05) is 12.8 Å². The van der Waals surface area contributed by atoms with E-state index in [1.54, 1.807) is 0 Å². The number of alkyl halides is 3. The van der Waals surface area contributed by atoms with E-state index in [1.807, 2.05) is 0 Å². The Morgan fingerprint density at radius 3 is 2.29 bits per heavy atom. The fraction of sp³-hybridized carbons (Fsp3) is 0.538. The Kier molecular flexibility index (Phi) is 3.06. The third-order valence-electron chi connectivity index (χ3n) is 3.47. The van der Waals surface area contributed by atoms with Crippen LogP contribution in [0.25, 0.3) is 0 Å². The Morgan fingerprint density at radius 1 is 1.18 bits per heavy atom. The molecule has 1 saturated carbocycles. The van der Waals surface area contributed by atoms with Gasteiger partial charge in [-0.2, -0.15) is 13.2 Å². The van der Waals surface area contributed by atoms with Gasteiger partial charge in [0.15, 0.2) is 0 Å². The molecule has 0 aliphatic heterocycles. The molecular weight excluding hydrogens is 229 g/mol. The molecule has 0 saturated heterocycles. The van der Waals surface area contributed by atoms with Crippen LogP contribution in [0.15, 0.2) is 12.1 Å². The highest BCUT2D eigenvalue weighted by molar-refractivity contribution is 5.44. The summed E-state index contributed by atoms with van der Waals surface area (Å²) in [7, 11) is 0. The van der Waals surface area contributed by atoms with E-state index in [0.717, 1.165) is 31.7 Å². The van der Waals surface area contributed by atoms with E-state index in [0.29, 0.717) is 0 Å². The van der Waals surface area contributed by atoms with E-state index in [9.17, 15) is 18.3 Å². The Bertz CT molecular complexity index is 417. The van der Waals surface area contributed by atoms with Crippen LogP contribution in [0.2, 0.25) is 0 Å². The molecule has 0 atom stereocenters. The van der Waals surface area contributed by atoms with Crippen LogP contribution in [0, 0.1) is 6.92 Å². The van der Waals surface area contributed by atoms with Crippen LogP contribution in [0.3, 0.4) is 0 Å². The zero-order chi connectivity index (χ0) is 12.6. The van der Waals surface area contributed by atoms with Gasteiger partial charge in [0.05, 0.1) is 5.56 Å². The summed E-state index contributed by atoms with van der Waals surface area (Å²) in [4.78, 5) is 0. The Labute approximate surface area is 98.3 Å². The molecule has 1 aromatic rings. The molecule has 0 spiro atoms. The first-order valence-corrected chi connectivity index (χ1v) is 5.80.